The zero-order chi connectivity index (χ0) is 18.5. The van der Waals surface area contributed by atoms with E-state index in [0.29, 0.717) is 25.2 Å². The molecule has 0 radical (unpaired) electrons. The molecule has 5 heteroatoms. The molecular weight excluding hydrogens is 354 g/mol. The zero-order valence-electron chi connectivity index (χ0n) is 16.6. The largest absolute Gasteiger partial charge is 0.493 e. The number of hydrogen-bond acceptors (Lipinski definition) is 5. The summed E-state index contributed by atoms with van der Waals surface area (Å²) in [4.78, 5) is 2.82. The minimum atomic E-state index is -0.571. The van der Waals surface area contributed by atoms with Crippen molar-refractivity contribution >= 4 is 0 Å². The molecule has 3 aliphatic heterocycles. The van der Waals surface area contributed by atoms with Crippen LogP contribution in [0.3, 0.4) is 0 Å². The molecule has 4 fully saturated rings. The van der Waals surface area contributed by atoms with Crippen LogP contribution < -0.4 is 9.47 Å². The average Bonchev–Trinajstić information content (AvgIpc) is 3.28. The van der Waals surface area contributed by atoms with Crippen molar-refractivity contribution < 1.29 is 18.9 Å². The van der Waals surface area contributed by atoms with E-state index in [1.54, 1.807) is 7.11 Å². The Balaban J connectivity index is 1.41. The summed E-state index contributed by atoms with van der Waals surface area (Å²) in [6.45, 7) is 3.82. The molecule has 1 aromatic rings. The van der Waals surface area contributed by atoms with Crippen LogP contribution in [0, 0.1) is 11.8 Å². The molecule has 0 unspecified atom stereocenters. The second kappa shape index (κ2) is 5.44. The van der Waals surface area contributed by atoms with Gasteiger partial charge in [-0.05, 0) is 62.1 Å². The van der Waals surface area contributed by atoms with Gasteiger partial charge in [0.15, 0.2) is 17.6 Å². The lowest BCUT2D eigenvalue weighted by molar-refractivity contribution is -0.261. The van der Waals surface area contributed by atoms with E-state index >= 15 is 0 Å². The van der Waals surface area contributed by atoms with Crippen LogP contribution in [0.15, 0.2) is 12.1 Å². The van der Waals surface area contributed by atoms with Crippen LogP contribution in [0.2, 0.25) is 0 Å². The summed E-state index contributed by atoms with van der Waals surface area (Å²) in [5, 5.41) is 0. The Morgan fingerprint density at radius 1 is 1.14 bits per heavy atom. The molecule has 28 heavy (non-hydrogen) atoms. The van der Waals surface area contributed by atoms with E-state index in [0.717, 1.165) is 36.7 Å². The van der Waals surface area contributed by atoms with Gasteiger partial charge in [0.1, 0.15) is 0 Å². The van der Waals surface area contributed by atoms with Gasteiger partial charge in [-0.1, -0.05) is 6.07 Å². The maximum Gasteiger partial charge on any atom is 0.206 e. The highest BCUT2D eigenvalue weighted by molar-refractivity contribution is 5.61. The van der Waals surface area contributed by atoms with Gasteiger partial charge in [-0.2, -0.15) is 0 Å². The molecule has 3 aliphatic carbocycles. The first-order chi connectivity index (χ1) is 13.7. The molecule has 0 amide bonds. The van der Waals surface area contributed by atoms with Crippen LogP contribution in [0.1, 0.15) is 43.2 Å². The number of rotatable bonds is 3. The van der Waals surface area contributed by atoms with Gasteiger partial charge in [0.2, 0.25) is 5.79 Å². The standard InChI is InChI=1S/C23H29NO4/c1-25-18-5-4-15-12-17-16-6-7-23(26-10-11-27-23)21-22(16,19(15)20(18)28-21)8-9-24(17)13-14-2-3-14/h4-5,14,16-17,21H,2-3,6-13H2,1H3/t16-,17-,21+,22-/m0/s1. The molecule has 2 spiro atoms. The summed E-state index contributed by atoms with van der Waals surface area (Å²) in [5.74, 6) is 2.84. The molecule has 0 N–H and O–H groups in total. The molecular formula is C23H29NO4. The number of methoxy groups -OCH3 is 1. The average molecular weight is 383 g/mol. The molecule has 6 aliphatic rings. The summed E-state index contributed by atoms with van der Waals surface area (Å²) >= 11 is 0. The van der Waals surface area contributed by atoms with Crippen molar-refractivity contribution in [3.05, 3.63) is 23.3 Å². The minimum absolute atomic E-state index is 0.0186. The Kier molecular flexibility index (Phi) is 3.20. The van der Waals surface area contributed by atoms with E-state index < -0.39 is 5.79 Å². The van der Waals surface area contributed by atoms with E-state index in [2.05, 4.69) is 17.0 Å². The minimum Gasteiger partial charge on any atom is -0.493 e. The van der Waals surface area contributed by atoms with Gasteiger partial charge in [-0.15, -0.1) is 0 Å². The lowest BCUT2D eigenvalue weighted by Crippen LogP contribution is -2.70. The number of ether oxygens (including phenoxy) is 4. The van der Waals surface area contributed by atoms with Crippen molar-refractivity contribution in [1.82, 2.24) is 4.90 Å². The highest BCUT2D eigenvalue weighted by Gasteiger charge is 2.71. The van der Waals surface area contributed by atoms with Crippen molar-refractivity contribution in [3.63, 3.8) is 0 Å². The SMILES string of the molecule is COc1ccc2c3c1O[C@H]1C4(CC[C@H]5[C@H](C2)N(CC2CC2)CC[C@@]351)OCCO4. The van der Waals surface area contributed by atoms with E-state index in [1.165, 1.54) is 43.5 Å². The lowest BCUT2D eigenvalue weighted by Gasteiger charge is -2.61. The van der Waals surface area contributed by atoms with Crippen molar-refractivity contribution in [2.24, 2.45) is 11.8 Å². The third-order valence-electron chi connectivity index (χ3n) is 8.60. The number of likely N-dealkylation sites (tertiary alicyclic amines) is 1. The number of fused-ring (bicyclic) bond motifs is 1. The lowest BCUT2D eigenvalue weighted by atomic mass is 9.50. The molecule has 3 heterocycles. The molecule has 5 nitrogen and oxygen atoms in total. The van der Waals surface area contributed by atoms with Crippen molar-refractivity contribution in [1.29, 1.82) is 0 Å². The third-order valence-corrected chi connectivity index (χ3v) is 8.60. The fourth-order valence-electron chi connectivity index (χ4n) is 7.37. The monoisotopic (exact) mass is 383 g/mol. The molecule has 4 atom stereocenters. The van der Waals surface area contributed by atoms with Crippen LogP contribution in [-0.2, 0) is 21.3 Å². The zero-order valence-corrected chi connectivity index (χ0v) is 16.6. The van der Waals surface area contributed by atoms with Gasteiger partial charge in [0.25, 0.3) is 0 Å². The Morgan fingerprint density at radius 2 is 2.00 bits per heavy atom. The number of piperidine rings is 1. The number of hydrogen-bond donors (Lipinski definition) is 0. The molecule has 2 bridgehead atoms. The van der Waals surface area contributed by atoms with Gasteiger partial charge in [0.05, 0.1) is 20.3 Å². The van der Waals surface area contributed by atoms with E-state index in [9.17, 15) is 0 Å². The van der Waals surface area contributed by atoms with Crippen LogP contribution >= 0.6 is 0 Å². The first-order valence-corrected chi connectivity index (χ1v) is 11.1. The van der Waals surface area contributed by atoms with Crippen molar-refractivity contribution in [2.45, 2.75) is 61.9 Å². The van der Waals surface area contributed by atoms with Crippen LogP contribution in [0.4, 0.5) is 0 Å². The smallest absolute Gasteiger partial charge is 0.206 e. The Hall–Kier alpha value is -1.30. The summed E-state index contributed by atoms with van der Waals surface area (Å²) in [6.07, 6.45) is 7.22. The van der Waals surface area contributed by atoms with Gasteiger partial charge in [-0.3, -0.25) is 4.90 Å². The van der Waals surface area contributed by atoms with Crippen molar-refractivity contribution in [3.8, 4) is 11.5 Å². The summed E-state index contributed by atoms with van der Waals surface area (Å²) in [5.41, 5.74) is 2.92. The highest BCUT2D eigenvalue weighted by Crippen LogP contribution is 2.66. The molecule has 150 valence electrons. The first-order valence-electron chi connectivity index (χ1n) is 11.1. The van der Waals surface area contributed by atoms with E-state index in [-0.39, 0.29) is 11.5 Å². The summed E-state index contributed by atoms with van der Waals surface area (Å²) in [7, 11) is 1.75. The van der Waals surface area contributed by atoms with Gasteiger partial charge in [0, 0.05) is 30.0 Å². The van der Waals surface area contributed by atoms with Gasteiger partial charge >= 0.3 is 0 Å². The number of nitrogens with zero attached hydrogens (tertiary/aromatic N) is 1. The Bertz CT molecular complexity index is 830. The maximum atomic E-state index is 6.77. The van der Waals surface area contributed by atoms with Crippen LogP contribution in [0.25, 0.3) is 0 Å². The highest BCUT2D eigenvalue weighted by atomic mass is 16.8. The van der Waals surface area contributed by atoms with E-state index in [1.807, 2.05) is 0 Å². The second-order valence-corrected chi connectivity index (χ2v) is 9.78. The summed E-state index contributed by atoms with van der Waals surface area (Å²) < 4.78 is 25.1. The van der Waals surface area contributed by atoms with Crippen LogP contribution in [-0.4, -0.2) is 56.2 Å². The van der Waals surface area contributed by atoms with Gasteiger partial charge < -0.3 is 18.9 Å². The normalized spacial score (nSPS) is 39.7. The predicted molar refractivity (Wildman–Crippen MR) is 103 cm³/mol. The molecule has 2 saturated heterocycles. The third kappa shape index (κ3) is 1.89. The molecule has 7 rings (SSSR count). The topological polar surface area (TPSA) is 40.2 Å². The predicted octanol–water partition coefficient (Wildman–Crippen LogP) is 2.89. The Morgan fingerprint density at radius 3 is 2.79 bits per heavy atom. The van der Waals surface area contributed by atoms with Gasteiger partial charge in [-0.25, -0.2) is 0 Å². The van der Waals surface area contributed by atoms with Crippen LogP contribution in [0.5, 0.6) is 11.5 Å². The molecule has 1 aromatic carbocycles. The fraction of sp³-hybridized carbons (Fsp3) is 0.739. The maximum absolute atomic E-state index is 6.77. The summed E-state index contributed by atoms with van der Waals surface area (Å²) in [6, 6.07) is 5.03. The first kappa shape index (κ1) is 16.5. The van der Waals surface area contributed by atoms with E-state index in [4.69, 9.17) is 18.9 Å². The second-order valence-electron chi connectivity index (χ2n) is 9.78. The quantitative estimate of drug-likeness (QED) is 0.803. The fourth-order valence-corrected chi connectivity index (χ4v) is 7.37. The van der Waals surface area contributed by atoms with Crippen molar-refractivity contribution in [2.75, 3.05) is 33.4 Å². The molecule has 0 aromatic heterocycles. The number of benzene rings is 1. The Labute approximate surface area is 166 Å². The molecule has 2 saturated carbocycles.